The maximum atomic E-state index is 9.44. The van der Waals surface area contributed by atoms with Crippen LogP contribution in [-0.2, 0) is 35.5 Å². The average molecular weight is 577 g/mol. The molecule has 0 saturated heterocycles. The number of hydrogen-bond donors (Lipinski definition) is 3. The number of rotatable bonds is 11. The summed E-state index contributed by atoms with van der Waals surface area (Å²) in [5, 5.41) is 25.9. The molecule has 0 heterocycles. The second-order valence-electron chi connectivity index (χ2n) is 9.20. The zero-order valence-electron chi connectivity index (χ0n) is 23.7. The van der Waals surface area contributed by atoms with Crippen LogP contribution in [0, 0.1) is 0 Å². The summed E-state index contributed by atoms with van der Waals surface area (Å²) in [6.07, 6.45) is 0. The molecule has 3 N–H and O–H groups in total. The zero-order valence-corrected chi connectivity index (χ0v) is 26.8. The van der Waals surface area contributed by atoms with Crippen LogP contribution in [0.4, 0.5) is 0 Å². The summed E-state index contributed by atoms with van der Waals surface area (Å²) >= 11 is 0. The summed E-state index contributed by atoms with van der Waals surface area (Å²) in [4.78, 5) is 0. The summed E-state index contributed by atoms with van der Waals surface area (Å²) in [5.74, 6) is 0.489. The van der Waals surface area contributed by atoms with Gasteiger partial charge in [0.25, 0.3) is 0 Å². The molecule has 3 unspecified atom stereocenters. The first-order valence-corrected chi connectivity index (χ1v) is 20.0. The second-order valence-corrected chi connectivity index (χ2v) is 18.6. The topological polar surface area (TPSA) is 97.6 Å². The molecule has 0 aliphatic carbocycles. The summed E-state index contributed by atoms with van der Waals surface area (Å²) in [7, 11) is 0.260. The van der Waals surface area contributed by atoms with Crippen LogP contribution in [0.15, 0.2) is 78.9 Å². The molecule has 0 bridgehead atoms. The van der Waals surface area contributed by atoms with E-state index in [1.807, 2.05) is 43.4 Å². The standard InChI is InChI=1S/C18H26O5Si2.C9H14OSi.CH4O/c1-21-24(3,13-15-5-9-17(19)10-6-15)23-25(4,22-2)14-16-7-11-18(20)12-8-16;1-10-11(2)8-9-6-4-3-5-7-9;1-2/h5-12,19-20H,13-14H2,1-4H3;3-7,11H,8H2,1-2H3;2H,1H3. The Morgan fingerprint density at radius 3 is 1.37 bits per heavy atom. The van der Waals surface area contributed by atoms with E-state index >= 15 is 0 Å². The van der Waals surface area contributed by atoms with Crippen molar-refractivity contribution in [2.75, 3.05) is 28.4 Å². The lowest BCUT2D eigenvalue weighted by Crippen LogP contribution is -2.54. The highest BCUT2D eigenvalue weighted by Crippen LogP contribution is 2.24. The highest BCUT2D eigenvalue weighted by atomic mass is 28.5. The summed E-state index contributed by atoms with van der Waals surface area (Å²) in [6, 6.07) is 27.2. The largest absolute Gasteiger partial charge is 0.508 e. The molecule has 38 heavy (non-hydrogen) atoms. The van der Waals surface area contributed by atoms with Gasteiger partial charge >= 0.3 is 17.1 Å². The summed E-state index contributed by atoms with van der Waals surface area (Å²) < 4.78 is 23.4. The molecule has 0 saturated carbocycles. The van der Waals surface area contributed by atoms with Crippen molar-refractivity contribution in [3.05, 3.63) is 95.6 Å². The molecule has 7 nitrogen and oxygen atoms in total. The van der Waals surface area contributed by atoms with Gasteiger partial charge in [-0.25, -0.2) is 0 Å². The molecule has 3 aromatic carbocycles. The predicted octanol–water partition coefficient (Wildman–Crippen LogP) is 4.79. The van der Waals surface area contributed by atoms with Crippen LogP contribution >= 0.6 is 0 Å². The lowest BCUT2D eigenvalue weighted by molar-refractivity contribution is 0.239. The molecule has 0 radical (unpaired) electrons. The van der Waals surface area contributed by atoms with Crippen LogP contribution in [-0.4, -0.2) is 69.9 Å². The normalized spacial score (nSPS) is 14.5. The van der Waals surface area contributed by atoms with Crippen LogP contribution in [0.5, 0.6) is 11.5 Å². The van der Waals surface area contributed by atoms with Gasteiger partial charge in [-0.1, -0.05) is 54.6 Å². The van der Waals surface area contributed by atoms with Crippen LogP contribution in [0.3, 0.4) is 0 Å². The molecule has 0 aromatic heterocycles. The first-order chi connectivity index (χ1) is 18.1. The molecular formula is C28H44O7Si3. The number of aliphatic hydroxyl groups excluding tert-OH is 1. The van der Waals surface area contributed by atoms with Crippen molar-refractivity contribution in [2.24, 2.45) is 0 Å². The lowest BCUT2D eigenvalue weighted by atomic mass is 10.2. The van der Waals surface area contributed by atoms with Gasteiger partial charge in [0.15, 0.2) is 9.04 Å². The van der Waals surface area contributed by atoms with Crippen LogP contribution in [0.2, 0.25) is 19.6 Å². The number of benzene rings is 3. The number of phenolic OH excluding ortho intramolecular Hbond substituents is 2. The molecule has 0 aliphatic heterocycles. The fourth-order valence-electron chi connectivity index (χ4n) is 3.76. The number of aliphatic hydroxyl groups is 1. The molecule has 210 valence electrons. The Kier molecular flexibility index (Phi) is 15.4. The Bertz CT molecular complexity index is 963. The molecule has 0 amide bonds. The van der Waals surface area contributed by atoms with E-state index in [0.717, 1.165) is 24.3 Å². The molecular weight excluding hydrogens is 533 g/mol. The van der Waals surface area contributed by atoms with E-state index in [4.69, 9.17) is 22.5 Å². The van der Waals surface area contributed by atoms with Gasteiger partial charge in [-0.15, -0.1) is 0 Å². The quantitative estimate of drug-likeness (QED) is 0.282. The summed E-state index contributed by atoms with van der Waals surface area (Å²) in [6.45, 7) is 6.27. The lowest BCUT2D eigenvalue weighted by Gasteiger charge is -2.35. The highest BCUT2D eigenvalue weighted by molar-refractivity contribution is 6.79. The van der Waals surface area contributed by atoms with E-state index in [1.54, 1.807) is 45.6 Å². The van der Waals surface area contributed by atoms with Crippen molar-refractivity contribution < 1.29 is 32.7 Å². The maximum absolute atomic E-state index is 9.44. The van der Waals surface area contributed by atoms with Gasteiger partial charge in [-0.2, -0.15) is 0 Å². The van der Waals surface area contributed by atoms with Crippen molar-refractivity contribution in [2.45, 2.75) is 37.8 Å². The second kappa shape index (κ2) is 17.3. The Hall–Kier alpha value is -2.29. The first kappa shape index (κ1) is 33.7. The molecule has 0 aliphatic rings. The zero-order chi connectivity index (χ0) is 28.6. The fourth-order valence-corrected chi connectivity index (χ4v) is 12.0. The van der Waals surface area contributed by atoms with Gasteiger partial charge in [0.05, 0.1) is 0 Å². The van der Waals surface area contributed by atoms with Crippen molar-refractivity contribution in [3.8, 4) is 11.5 Å². The van der Waals surface area contributed by atoms with Crippen molar-refractivity contribution in [1.82, 2.24) is 0 Å². The predicted molar refractivity (Wildman–Crippen MR) is 160 cm³/mol. The minimum absolute atomic E-state index is 0.244. The number of aromatic hydroxyl groups is 2. The fraction of sp³-hybridized carbons (Fsp3) is 0.357. The van der Waals surface area contributed by atoms with E-state index in [-0.39, 0.29) is 11.5 Å². The SMILES string of the molecule is CO.CO[SiH](C)Cc1ccccc1.CO[Si](C)(Cc1ccc(O)cc1)O[Si](C)(Cc1ccc(O)cc1)OC. The molecule has 3 aromatic rings. The minimum Gasteiger partial charge on any atom is -0.508 e. The van der Waals surface area contributed by atoms with Gasteiger partial charge in [0.1, 0.15) is 11.5 Å². The summed E-state index contributed by atoms with van der Waals surface area (Å²) in [5.41, 5.74) is 3.52. The third-order valence-corrected chi connectivity index (χ3v) is 15.1. The van der Waals surface area contributed by atoms with Crippen molar-refractivity contribution in [1.29, 1.82) is 0 Å². The van der Waals surface area contributed by atoms with Crippen molar-refractivity contribution in [3.63, 3.8) is 0 Å². The third kappa shape index (κ3) is 12.5. The van der Waals surface area contributed by atoms with Gasteiger partial charge in [-0.05, 0) is 66.6 Å². The van der Waals surface area contributed by atoms with Gasteiger partial charge in [0, 0.05) is 40.5 Å². The van der Waals surface area contributed by atoms with E-state index < -0.39 is 26.2 Å². The van der Waals surface area contributed by atoms with Gasteiger partial charge in [-0.3, -0.25) is 0 Å². The van der Waals surface area contributed by atoms with E-state index in [0.29, 0.717) is 12.1 Å². The first-order valence-electron chi connectivity index (χ1n) is 12.5. The molecule has 3 atom stereocenters. The van der Waals surface area contributed by atoms with Crippen molar-refractivity contribution >= 4 is 26.2 Å². The third-order valence-electron chi connectivity index (χ3n) is 5.99. The molecule has 0 spiro atoms. The Morgan fingerprint density at radius 2 is 1.03 bits per heavy atom. The average Bonchev–Trinajstić information content (AvgIpc) is 2.93. The molecule has 10 heteroatoms. The Morgan fingerprint density at radius 1 is 0.632 bits per heavy atom. The smallest absolute Gasteiger partial charge is 0.330 e. The minimum atomic E-state index is -2.50. The van der Waals surface area contributed by atoms with Crippen LogP contribution < -0.4 is 0 Å². The van der Waals surface area contributed by atoms with Crippen LogP contribution in [0.1, 0.15) is 16.7 Å². The van der Waals surface area contributed by atoms with Gasteiger partial charge < -0.3 is 32.7 Å². The number of phenols is 2. The monoisotopic (exact) mass is 576 g/mol. The van der Waals surface area contributed by atoms with E-state index in [1.165, 1.54) is 5.56 Å². The molecule has 0 fully saturated rings. The Balaban J connectivity index is 0.000000463. The molecule has 3 rings (SSSR count). The Labute approximate surface area is 231 Å². The van der Waals surface area contributed by atoms with E-state index in [2.05, 4.69) is 30.8 Å². The van der Waals surface area contributed by atoms with Gasteiger partial charge in [0.2, 0.25) is 0 Å². The maximum Gasteiger partial charge on any atom is 0.330 e. The number of hydrogen-bond acceptors (Lipinski definition) is 7. The highest BCUT2D eigenvalue weighted by Gasteiger charge is 2.42. The van der Waals surface area contributed by atoms with Crippen LogP contribution in [0.25, 0.3) is 0 Å². The van der Waals surface area contributed by atoms with E-state index in [9.17, 15) is 10.2 Å².